The van der Waals surface area contributed by atoms with Crippen LogP contribution in [0.4, 0.5) is 5.13 Å². The fourth-order valence-corrected chi connectivity index (χ4v) is 4.75. The molecule has 130 valence electrons. The van der Waals surface area contributed by atoms with E-state index in [1.54, 1.807) is 12.1 Å². The predicted octanol–water partition coefficient (Wildman–Crippen LogP) is 2.19. The molecule has 9 heteroatoms. The molecule has 0 atom stereocenters. The van der Waals surface area contributed by atoms with Gasteiger partial charge in [-0.1, -0.05) is 6.07 Å². The summed E-state index contributed by atoms with van der Waals surface area (Å²) in [4.78, 5) is 20.9. The highest BCUT2D eigenvalue weighted by molar-refractivity contribution is 7.88. The molecule has 0 aliphatic carbocycles. The Morgan fingerprint density at radius 2 is 2.20 bits per heavy atom. The largest absolute Gasteiger partial charge is 0.361 e. The van der Waals surface area contributed by atoms with E-state index in [4.69, 9.17) is 0 Å². The number of sulfonamides is 1. The van der Waals surface area contributed by atoms with Crippen LogP contribution in [0.25, 0.3) is 10.9 Å². The molecule has 2 aromatic heterocycles. The maximum absolute atomic E-state index is 12.5. The van der Waals surface area contributed by atoms with Crippen LogP contribution in [-0.2, 0) is 23.0 Å². The first-order valence-electron chi connectivity index (χ1n) is 7.72. The van der Waals surface area contributed by atoms with Crippen molar-refractivity contribution >= 4 is 43.3 Å². The predicted molar refractivity (Wildman–Crippen MR) is 97.3 cm³/mol. The lowest BCUT2D eigenvalue weighted by molar-refractivity contribution is 0.102. The molecule has 1 amide bonds. The van der Waals surface area contributed by atoms with Crippen molar-refractivity contribution in [1.29, 1.82) is 0 Å². The summed E-state index contributed by atoms with van der Waals surface area (Å²) in [5.74, 6) is -0.234. The van der Waals surface area contributed by atoms with Crippen LogP contribution < -0.4 is 5.32 Å². The number of hydrogen-bond acceptors (Lipinski definition) is 5. The molecule has 4 rings (SSSR count). The lowest BCUT2D eigenvalue weighted by Crippen LogP contribution is -2.34. The van der Waals surface area contributed by atoms with Gasteiger partial charge in [-0.05, 0) is 23.6 Å². The zero-order valence-corrected chi connectivity index (χ0v) is 15.1. The average Bonchev–Trinajstić information content (AvgIpc) is 3.18. The van der Waals surface area contributed by atoms with Gasteiger partial charge in [-0.15, -0.1) is 11.3 Å². The Hall–Kier alpha value is -2.23. The Balaban J connectivity index is 1.54. The fourth-order valence-electron chi connectivity index (χ4n) is 2.87. The van der Waals surface area contributed by atoms with E-state index in [1.807, 2.05) is 18.3 Å². The molecule has 3 aromatic rings. The zero-order valence-electron chi connectivity index (χ0n) is 13.4. The number of aromatic nitrogens is 2. The molecule has 1 aliphatic rings. The Labute approximate surface area is 148 Å². The van der Waals surface area contributed by atoms with Crippen molar-refractivity contribution in [2.75, 3.05) is 18.1 Å². The van der Waals surface area contributed by atoms with Gasteiger partial charge in [0.2, 0.25) is 10.0 Å². The van der Waals surface area contributed by atoms with Gasteiger partial charge in [0.15, 0.2) is 5.13 Å². The molecule has 3 heterocycles. The van der Waals surface area contributed by atoms with Crippen molar-refractivity contribution in [2.45, 2.75) is 13.0 Å². The highest BCUT2D eigenvalue weighted by Crippen LogP contribution is 2.29. The van der Waals surface area contributed by atoms with Gasteiger partial charge >= 0.3 is 0 Å². The second-order valence-electron chi connectivity index (χ2n) is 5.97. The number of thiazole rings is 1. The van der Waals surface area contributed by atoms with Crippen LogP contribution >= 0.6 is 11.3 Å². The Kier molecular flexibility index (Phi) is 3.86. The number of carbonyl (C=O) groups is 1. The summed E-state index contributed by atoms with van der Waals surface area (Å²) in [7, 11) is -3.22. The summed E-state index contributed by atoms with van der Waals surface area (Å²) in [6.07, 6.45) is 3.59. The lowest BCUT2D eigenvalue weighted by Gasteiger charge is -2.23. The Bertz CT molecular complexity index is 1070. The van der Waals surface area contributed by atoms with Crippen molar-refractivity contribution < 1.29 is 13.2 Å². The van der Waals surface area contributed by atoms with Crippen LogP contribution in [0.3, 0.4) is 0 Å². The highest BCUT2D eigenvalue weighted by Gasteiger charge is 2.26. The fraction of sp³-hybridized carbons (Fsp3) is 0.250. The summed E-state index contributed by atoms with van der Waals surface area (Å²) in [5.41, 5.74) is 2.30. The third-order valence-corrected chi connectivity index (χ3v) is 6.45. The number of amides is 1. The molecule has 0 unspecified atom stereocenters. The molecular formula is C16H16N4O3S2. The summed E-state index contributed by atoms with van der Waals surface area (Å²) >= 11 is 1.33. The lowest BCUT2D eigenvalue weighted by atomic mass is 10.1. The second kappa shape index (κ2) is 5.94. The highest BCUT2D eigenvalue weighted by atomic mass is 32.2. The normalized spacial score (nSPS) is 15.2. The number of nitrogens with zero attached hydrogens (tertiary/aromatic N) is 2. The standard InChI is InChI=1S/C16H16N4O3S2/c1-25(22,23)20-7-5-12-14(9-20)24-16(18-12)19-15(21)11-3-2-10-4-6-17-13(10)8-11/h2-4,6,8,17H,5,7,9H2,1H3,(H,18,19,21). The van der Waals surface area contributed by atoms with Gasteiger partial charge in [-0.2, -0.15) is 4.31 Å². The third kappa shape index (κ3) is 3.17. The van der Waals surface area contributed by atoms with Crippen LogP contribution in [0.5, 0.6) is 0 Å². The number of nitrogens with one attached hydrogen (secondary N) is 2. The van der Waals surface area contributed by atoms with Gasteiger partial charge in [0, 0.05) is 41.7 Å². The van der Waals surface area contributed by atoms with Crippen molar-refractivity contribution in [2.24, 2.45) is 0 Å². The average molecular weight is 376 g/mol. The van der Waals surface area contributed by atoms with E-state index in [0.717, 1.165) is 21.5 Å². The molecule has 7 nitrogen and oxygen atoms in total. The van der Waals surface area contributed by atoms with Gasteiger partial charge in [0.1, 0.15) is 0 Å². The maximum atomic E-state index is 12.5. The van der Waals surface area contributed by atoms with Crippen LogP contribution in [0, 0.1) is 0 Å². The van der Waals surface area contributed by atoms with Gasteiger partial charge in [-0.25, -0.2) is 13.4 Å². The molecule has 0 radical (unpaired) electrons. The van der Waals surface area contributed by atoms with Crippen LogP contribution in [-0.4, -0.2) is 41.4 Å². The first-order valence-corrected chi connectivity index (χ1v) is 10.4. The quantitative estimate of drug-likeness (QED) is 0.732. The van der Waals surface area contributed by atoms with E-state index in [2.05, 4.69) is 15.3 Å². The first-order chi connectivity index (χ1) is 11.9. The van der Waals surface area contributed by atoms with E-state index in [1.165, 1.54) is 21.9 Å². The van der Waals surface area contributed by atoms with E-state index < -0.39 is 10.0 Å². The Morgan fingerprint density at radius 3 is 3.00 bits per heavy atom. The minimum Gasteiger partial charge on any atom is -0.361 e. The number of benzene rings is 1. The van der Waals surface area contributed by atoms with Gasteiger partial charge in [0.05, 0.1) is 11.9 Å². The number of aromatic amines is 1. The van der Waals surface area contributed by atoms with Crippen molar-refractivity contribution in [3.63, 3.8) is 0 Å². The van der Waals surface area contributed by atoms with Crippen LogP contribution in [0.2, 0.25) is 0 Å². The molecule has 0 spiro atoms. The smallest absolute Gasteiger partial charge is 0.257 e. The minimum atomic E-state index is -3.22. The monoisotopic (exact) mass is 376 g/mol. The molecule has 25 heavy (non-hydrogen) atoms. The molecule has 0 saturated carbocycles. The van der Waals surface area contributed by atoms with E-state index in [0.29, 0.717) is 30.2 Å². The molecule has 1 aromatic carbocycles. The zero-order chi connectivity index (χ0) is 17.6. The minimum absolute atomic E-state index is 0.234. The summed E-state index contributed by atoms with van der Waals surface area (Å²) < 4.78 is 24.8. The summed E-state index contributed by atoms with van der Waals surface area (Å²) in [6.45, 7) is 0.739. The number of rotatable bonds is 3. The third-order valence-electron chi connectivity index (χ3n) is 4.20. The summed E-state index contributed by atoms with van der Waals surface area (Å²) in [5, 5.41) is 4.35. The number of H-pyrrole nitrogens is 1. The van der Waals surface area contributed by atoms with Gasteiger partial charge < -0.3 is 4.98 Å². The Morgan fingerprint density at radius 1 is 1.36 bits per heavy atom. The maximum Gasteiger partial charge on any atom is 0.257 e. The van der Waals surface area contributed by atoms with Crippen molar-refractivity contribution in [3.8, 4) is 0 Å². The van der Waals surface area contributed by atoms with E-state index in [-0.39, 0.29) is 5.91 Å². The summed E-state index contributed by atoms with van der Waals surface area (Å²) in [6, 6.07) is 7.39. The SMILES string of the molecule is CS(=O)(=O)N1CCc2nc(NC(=O)c3ccc4cc[nH]c4c3)sc2C1. The van der Waals surface area contributed by atoms with Crippen LogP contribution in [0.15, 0.2) is 30.5 Å². The molecule has 1 aliphatic heterocycles. The van der Waals surface area contributed by atoms with Crippen molar-refractivity contribution in [1.82, 2.24) is 14.3 Å². The van der Waals surface area contributed by atoms with Gasteiger partial charge in [-0.3, -0.25) is 10.1 Å². The van der Waals surface area contributed by atoms with E-state index in [9.17, 15) is 13.2 Å². The number of carbonyl (C=O) groups excluding carboxylic acids is 1. The molecule has 0 fully saturated rings. The second-order valence-corrected chi connectivity index (χ2v) is 9.04. The number of hydrogen-bond donors (Lipinski definition) is 2. The van der Waals surface area contributed by atoms with Gasteiger partial charge in [0.25, 0.3) is 5.91 Å². The number of fused-ring (bicyclic) bond motifs is 2. The first kappa shape index (κ1) is 16.2. The molecule has 0 bridgehead atoms. The number of anilines is 1. The molecule has 0 saturated heterocycles. The van der Waals surface area contributed by atoms with E-state index >= 15 is 0 Å². The molecule has 2 N–H and O–H groups in total. The van der Waals surface area contributed by atoms with Crippen LogP contribution in [0.1, 0.15) is 20.9 Å². The molecular weight excluding hydrogens is 360 g/mol. The van der Waals surface area contributed by atoms with Crippen molar-refractivity contribution in [3.05, 3.63) is 46.6 Å². The topological polar surface area (TPSA) is 95.2 Å².